The molecule has 0 aromatic carbocycles. The van der Waals surface area contributed by atoms with E-state index in [4.69, 9.17) is 0 Å². The van der Waals surface area contributed by atoms with Crippen molar-refractivity contribution in [2.24, 2.45) is 10.9 Å². The van der Waals surface area contributed by atoms with Crippen molar-refractivity contribution in [3.63, 3.8) is 0 Å². The molecule has 0 aromatic heterocycles. The average Bonchev–Trinajstić information content (AvgIpc) is 2.36. The van der Waals surface area contributed by atoms with Gasteiger partial charge in [0.15, 0.2) is 5.96 Å². The summed E-state index contributed by atoms with van der Waals surface area (Å²) in [5, 5.41) is 6.78. The number of nitrogens with zero attached hydrogens (tertiary/aromatic N) is 3. The van der Waals surface area contributed by atoms with E-state index in [1.54, 1.807) is 0 Å². The number of rotatable bonds is 5. The van der Waals surface area contributed by atoms with E-state index in [2.05, 4.69) is 60.3 Å². The van der Waals surface area contributed by atoms with E-state index in [0.29, 0.717) is 12.0 Å². The minimum Gasteiger partial charge on any atom is -0.357 e. The lowest BCUT2D eigenvalue weighted by Crippen LogP contribution is -2.55. The topological polar surface area (TPSA) is 42.9 Å². The second kappa shape index (κ2) is 10.6. The first kappa shape index (κ1) is 19.9. The van der Waals surface area contributed by atoms with Crippen molar-refractivity contribution in [3.05, 3.63) is 0 Å². The summed E-state index contributed by atoms with van der Waals surface area (Å²) < 4.78 is 0. The van der Waals surface area contributed by atoms with Crippen LogP contribution < -0.4 is 10.6 Å². The fourth-order valence-corrected chi connectivity index (χ4v) is 2.15. The maximum atomic E-state index is 4.60. The van der Waals surface area contributed by atoms with Crippen molar-refractivity contribution in [1.82, 2.24) is 20.4 Å². The van der Waals surface area contributed by atoms with Crippen molar-refractivity contribution in [3.8, 4) is 0 Å². The van der Waals surface area contributed by atoms with E-state index < -0.39 is 0 Å². The molecule has 0 aromatic rings. The number of hydrogen-bond donors (Lipinski definition) is 2. The van der Waals surface area contributed by atoms with Crippen LogP contribution in [0.3, 0.4) is 0 Å². The fourth-order valence-electron chi connectivity index (χ4n) is 2.15. The lowest BCUT2D eigenvalue weighted by molar-refractivity contribution is 0.116. The number of likely N-dealkylation sites (N-methyl/N-ethyl adjacent to an activating group) is 2. The summed E-state index contributed by atoms with van der Waals surface area (Å²) in [6, 6.07) is 0.557. The molecule has 2 N–H and O–H groups in total. The molecule has 0 saturated carbocycles. The summed E-state index contributed by atoms with van der Waals surface area (Å²) >= 11 is 0. The lowest BCUT2D eigenvalue weighted by atomic mass is 10.2. The number of aliphatic imine (C=N–C) groups is 1. The van der Waals surface area contributed by atoms with Gasteiger partial charge in [-0.05, 0) is 26.9 Å². The molecule has 0 aliphatic carbocycles. The van der Waals surface area contributed by atoms with Crippen LogP contribution in [0.25, 0.3) is 0 Å². The number of guanidine groups is 1. The third-order valence-electron chi connectivity index (χ3n) is 3.44. The van der Waals surface area contributed by atoms with Gasteiger partial charge in [0.1, 0.15) is 0 Å². The first-order valence-corrected chi connectivity index (χ1v) is 7.43. The molecule has 120 valence electrons. The van der Waals surface area contributed by atoms with Gasteiger partial charge in [-0.15, -0.1) is 24.0 Å². The fraction of sp³-hybridized carbons (Fsp3) is 0.929. The SMILES string of the molecule is CCNC(=NCC(C)C)NCC1CN(C)CCN1C.I. The lowest BCUT2D eigenvalue weighted by Gasteiger charge is -2.37. The van der Waals surface area contributed by atoms with E-state index in [-0.39, 0.29) is 24.0 Å². The van der Waals surface area contributed by atoms with Crippen LogP contribution in [0.15, 0.2) is 4.99 Å². The van der Waals surface area contributed by atoms with Gasteiger partial charge in [-0.1, -0.05) is 13.8 Å². The zero-order chi connectivity index (χ0) is 14.3. The molecule has 0 spiro atoms. The van der Waals surface area contributed by atoms with Gasteiger partial charge in [-0.2, -0.15) is 0 Å². The second-order valence-electron chi connectivity index (χ2n) is 5.89. The molecule has 5 nitrogen and oxygen atoms in total. The van der Waals surface area contributed by atoms with Crippen molar-refractivity contribution < 1.29 is 0 Å². The molecule has 0 radical (unpaired) electrons. The molecular formula is C14H32IN5. The molecule has 1 rings (SSSR count). The molecule has 1 unspecified atom stereocenters. The van der Waals surface area contributed by atoms with Crippen LogP contribution in [-0.2, 0) is 0 Å². The summed E-state index contributed by atoms with van der Waals surface area (Å²) in [4.78, 5) is 9.43. The average molecular weight is 397 g/mol. The molecule has 1 heterocycles. The summed E-state index contributed by atoms with van der Waals surface area (Å²) in [5.41, 5.74) is 0. The Kier molecular flexibility index (Phi) is 10.6. The molecular weight excluding hydrogens is 365 g/mol. The molecule has 1 saturated heterocycles. The Morgan fingerprint density at radius 3 is 2.55 bits per heavy atom. The Bertz CT molecular complexity index is 283. The van der Waals surface area contributed by atoms with Crippen molar-refractivity contribution in [2.45, 2.75) is 26.8 Å². The van der Waals surface area contributed by atoms with Gasteiger partial charge in [0, 0.05) is 45.3 Å². The number of piperazine rings is 1. The summed E-state index contributed by atoms with van der Waals surface area (Å²) in [6.07, 6.45) is 0. The van der Waals surface area contributed by atoms with Gasteiger partial charge in [0.25, 0.3) is 0 Å². The summed E-state index contributed by atoms with van der Waals surface area (Å²) in [5.74, 6) is 1.54. The van der Waals surface area contributed by atoms with Crippen LogP contribution in [0.4, 0.5) is 0 Å². The maximum absolute atomic E-state index is 4.60. The molecule has 0 amide bonds. The molecule has 1 fully saturated rings. The monoisotopic (exact) mass is 397 g/mol. The highest BCUT2D eigenvalue weighted by Crippen LogP contribution is 2.04. The van der Waals surface area contributed by atoms with Crippen LogP contribution in [0.5, 0.6) is 0 Å². The smallest absolute Gasteiger partial charge is 0.191 e. The molecule has 1 aliphatic rings. The Morgan fingerprint density at radius 2 is 1.95 bits per heavy atom. The predicted molar refractivity (Wildman–Crippen MR) is 98.1 cm³/mol. The number of nitrogens with one attached hydrogen (secondary N) is 2. The Morgan fingerprint density at radius 1 is 1.25 bits per heavy atom. The third-order valence-corrected chi connectivity index (χ3v) is 3.44. The predicted octanol–water partition coefficient (Wildman–Crippen LogP) is 1.06. The first-order chi connectivity index (χ1) is 9.02. The van der Waals surface area contributed by atoms with Crippen LogP contribution in [0.1, 0.15) is 20.8 Å². The van der Waals surface area contributed by atoms with Gasteiger partial charge >= 0.3 is 0 Å². The largest absolute Gasteiger partial charge is 0.357 e. The zero-order valence-electron chi connectivity index (χ0n) is 13.6. The van der Waals surface area contributed by atoms with Gasteiger partial charge in [-0.25, -0.2) is 0 Å². The normalized spacial score (nSPS) is 21.7. The zero-order valence-corrected chi connectivity index (χ0v) is 16.0. The molecule has 20 heavy (non-hydrogen) atoms. The Labute approximate surface area is 141 Å². The quantitative estimate of drug-likeness (QED) is 0.414. The highest BCUT2D eigenvalue weighted by atomic mass is 127. The molecule has 0 bridgehead atoms. The maximum Gasteiger partial charge on any atom is 0.191 e. The van der Waals surface area contributed by atoms with E-state index in [1.807, 2.05) is 0 Å². The molecule has 1 atom stereocenters. The van der Waals surface area contributed by atoms with Crippen LogP contribution in [0, 0.1) is 5.92 Å². The number of hydrogen-bond acceptors (Lipinski definition) is 3. The highest BCUT2D eigenvalue weighted by Gasteiger charge is 2.21. The molecule has 6 heteroatoms. The van der Waals surface area contributed by atoms with Gasteiger partial charge in [-0.3, -0.25) is 9.89 Å². The standard InChI is InChI=1S/C14H31N5.HI/c1-6-15-14(16-9-12(2)3)17-10-13-11-18(4)7-8-19(13)5;/h12-13H,6-11H2,1-5H3,(H2,15,16,17);1H. The van der Waals surface area contributed by atoms with Gasteiger partial charge in [0.05, 0.1) is 0 Å². The van der Waals surface area contributed by atoms with Gasteiger partial charge in [0.2, 0.25) is 0 Å². The number of halogens is 1. The third kappa shape index (κ3) is 7.64. The van der Waals surface area contributed by atoms with Crippen LogP contribution in [0.2, 0.25) is 0 Å². The van der Waals surface area contributed by atoms with E-state index in [0.717, 1.165) is 45.2 Å². The van der Waals surface area contributed by atoms with Crippen LogP contribution >= 0.6 is 24.0 Å². The second-order valence-corrected chi connectivity index (χ2v) is 5.89. The van der Waals surface area contributed by atoms with Crippen molar-refractivity contribution >= 4 is 29.9 Å². The van der Waals surface area contributed by atoms with E-state index in [9.17, 15) is 0 Å². The van der Waals surface area contributed by atoms with E-state index >= 15 is 0 Å². The van der Waals surface area contributed by atoms with E-state index in [1.165, 1.54) is 0 Å². The summed E-state index contributed by atoms with van der Waals surface area (Å²) in [6.45, 7) is 12.6. The van der Waals surface area contributed by atoms with Crippen molar-refractivity contribution in [2.75, 3.05) is 53.4 Å². The minimum absolute atomic E-state index is 0. The first-order valence-electron chi connectivity index (χ1n) is 7.43. The Balaban J connectivity index is 0.00000361. The van der Waals surface area contributed by atoms with Crippen molar-refractivity contribution in [1.29, 1.82) is 0 Å². The minimum atomic E-state index is 0. The molecule has 1 aliphatic heterocycles. The summed E-state index contributed by atoms with van der Waals surface area (Å²) in [7, 11) is 4.40. The van der Waals surface area contributed by atoms with Crippen LogP contribution in [-0.4, -0.2) is 75.2 Å². The van der Waals surface area contributed by atoms with Gasteiger partial charge < -0.3 is 15.5 Å². The highest BCUT2D eigenvalue weighted by molar-refractivity contribution is 14.0. The Hall–Kier alpha value is -0.0800.